The van der Waals surface area contributed by atoms with Crippen LogP contribution in [0.3, 0.4) is 0 Å². The van der Waals surface area contributed by atoms with Gasteiger partial charge in [-0.3, -0.25) is 4.79 Å². The molecule has 0 radical (unpaired) electrons. The van der Waals surface area contributed by atoms with E-state index in [0.29, 0.717) is 6.42 Å². The molecule has 0 spiro atoms. The number of aliphatic carboxylic acids is 1. The van der Waals surface area contributed by atoms with Crippen molar-refractivity contribution >= 4 is 5.97 Å². The molecule has 0 bridgehead atoms. The van der Waals surface area contributed by atoms with Crippen molar-refractivity contribution in [3.8, 4) is 0 Å². The van der Waals surface area contributed by atoms with Gasteiger partial charge >= 0.3 is 5.97 Å². The third-order valence-electron chi connectivity index (χ3n) is 1.86. The van der Waals surface area contributed by atoms with Crippen molar-refractivity contribution in [1.82, 2.24) is 0 Å². The summed E-state index contributed by atoms with van der Waals surface area (Å²) in [5.74, 6) is -0.711. The predicted molar refractivity (Wildman–Crippen MR) is 66.3 cm³/mol. The van der Waals surface area contributed by atoms with Crippen molar-refractivity contribution < 1.29 is 9.90 Å². The highest BCUT2D eigenvalue weighted by Crippen LogP contribution is 2.00. The lowest BCUT2D eigenvalue weighted by atomic mass is 10.1. The highest BCUT2D eigenvalue weighted by Gasteiger charge is 1.94. The second-order valence-corrected chi connectivity index (χ2v) is 3.81. The van der Waals surface area contributed by atoms with E-state index >= 15 is 0 Å². The zero-order valence-electron chi connectivity index (χ0n) is 10.0. The van der Waals surface area contributed by atoms with Crippen LogP contribution in [0.1, 0.15) is 32.3 Å². The standard InChI is InChI=1S/C9H13N.C4H8O2/c1-8(10)7-9-5-3-2-4-6-9;1-2-3-4(5)6/h2-6,8H,7,10H2,1H3;2-3H2,1H3,(H,5,6). The molecule has 0 aliphatic carbocycles. The van der Waals surface area contributed by atoms with Crippen LogP contribution in [0.4, 0.5) is 0 Å². The number of carboxylic acids is 1. The first-order valence-electron chi connectivity index (χ1n) is 5.57. The van der Waals surface area contributed by atoms with Crippen LogP contribution in [-0.4, -0.2) is 17.1 Å². The smallest absolute Gasteiger partial charge is 0.303 e. The fourth-order valence-corrected chi connectivity index (χ4v) is 1.20. The minimum atomic E-state index is -0.711. The van der Waals surface area contributed by atoms with Gasteiger partial charge in [0, 0.05) is 12.5 Å². The van der Waals surface area contributed by atoms with E-state index in [0.717, 1.165) is 12.8 Å². The summed E-state index contributed by atoms with van der Waals surface area (Å²) in [6.07, 6.45) is 2.00. The van der Waals surface area contributed by atoms with Crippen LogP contribution in [0.5, 0.6) is 0 Å². The lowest BCUT2D eigenvalue weighted by Gasteiger charge is -2.02. The Balaban J connectivity index is 0.000000325. The molecule has 0 aliphatic rings. The highest BCUT2D eigenvalue weighted by molar-refractivity contribution is 5.66. The van der Waals surface area contributed by atoms with E-state index in [2.05, 4.69) is 12.1 Å². The van der Waals surface area contributed by atoms with E-state index in [1.807, 2.05) is 32.0 Å². The maximum absolute atomic E-state index is 9.60. The maximum atomic E-state index is 9.60. The monoisotopic (exact) mass is 223 g/mol. The Bertz CT molecular complexity index is 283. The van der Waals surface area contributed by atoms with Gasteiger partial charge in [0.05, 0.1) is 0 Å². The van der Waals surface area contributed by atoms with Gasteiger partial charge in [-0.15, -0.1) is 0 Å². The first-order chi connectivity index (χ1) is 7.56. The fourth-order valence-electron chi connectivity index (χ4n) is 1.20. The minimum Gasteiger partial charge on any atom is -0.481 e. The number of hydrogen-bond acceptors (Lipinski definition) is 2. The first kappa shape index (κ1) is 14.6. The molecule has 16 heavy (non-hydrogen) atoms. The first-order valence-corrected chi connectivity index (χ1v) is 5.57. The Morgan fingerprint density at radius 2 is 1.94 bits per heavy atom. The third-order valence-corrected chi connectivity index (χ3v) is 1.86. The molecule has 0 aromatic heterocycles. The number of hydrogen-bond donors (Lipinski definition) is 2. The molecule has 1 rings (SSSR count). The minimum absolute atomic E-state index is 0.266. The quantitative estimate of drug-likeness (QED) is 0.824. The van der Waals surface area contributed by atoms with Gasteiger partial charge in [0.2, 0.25) is 0 Å². The SMILES string of the molecule is CC(N)Cc1ccccc1.CCCC(=O)O. The van der Waals surface area contributed by atoms with Crippen LogP contribution in [-0.2, 0) is 11.2 Å². The summed E-state index contributed by atoms with van der Waals surface area (Å²) in [6, 6.07) is 10.6. The van der Waals surface area contributed by atoms with Crippen molar-refractivity contribution in [3.05, 3.63) is 35.9 Å². The summed E-state index contributed by atoms with van der Waals surface area (Å²) in [5.41, 5.74) is 6.94. The number of carboxylic acid groups (broad SMARTS) is 1. The summed E-state index contributed by atoms with van der Waals surface area (Å²) in [6.45, 7) is 3.86. The number of carbonyl (C=O) groups is 1. The van der Waals surface area contributed by atoms with Crippen LogP contribution >= 0.6 is 0 Å². The number of nitrogens with two attached hydrogens (primary N) is 1. The number of rotatable bonds is 4. The maximum Gasteiger partial charge on any atom is 0.303 e. The summed E-state index contributed by atoms with van der Waals surface area (Å²) >= 11 is 0. The van der Waals surface area contributed by atoms with Crippen LogP contribution in [0.25, 0.3) is 0 Å². The van der Waals surface area contributed by atoms with Gasteiger partial charge < -0.3 is 10.8 Å². The van der Waals surface area contributed by atoms with Gasteiger partial charge in [-0.1, -0.05) is 37.3 Å². The molecule has 1 aromatic carbocycles. The van der Waals surface area contributed by atoms with Crippen molar-refractivity contribution in [2.75, 3.05) is 0 Å². The Morgan fingerprint density at radius 1 is 1.38 bits per heavy atom. The second kappa shape index (κ2) is 8.92. The Kier molecular flexibility index (Phi) is 8.17. The number of benzene rings is 1. The molecule has 0 saturated carbocycles. The van der Waals surface area contributed by atoms with E-state index < -0.39 is 5.97 Å². The molecule has 0 aliphatic heterocycles. The lowest BCUT2D eigenvalue weighted by Crippen LogP contribution is -2.17. The van der Waals surface area contributed by atoms with Crippen LogP contribution < -0.4 is 5.73 Å². The molecule has 0 amide bonds. The predicted octanol–water partition coefficient (Wildman–Crippen LogP) is 2.45. The van der Waals surface area contributed by atoms with Crippen LogP contribution in [0.15, 0.2) is 30.3 Å². The molecule has 1 unspecified atom stereocenters. The molecule has 3 heteroatoms. The molecular formula is C13H21NO2. The average Bonchev–Trinajstić information content (AvgIpc) is 2.18. The largest absolute Gasteiger partial charge is 0.481 e. The topological polar surface area (TPSA) is 63.3 Å². The average molecular weight is 223 g/mol. The third kappa shape index (κ3) is 9.21. The molecular weight excluding hydrogens is 202 g/mol. The summed E-state index contributed by atoms with van der Waals surface area (Å²) in [7, 11) is 0. The van der Waals surface area contributed by atoms with Gasteiger partial charge in [0.1, 0.15) is 0 Å². The molecule has 1 atom stereocenters. The van der Waals surface area contributed by atoms with Crippen molar-refractivity contribution in [1.29, 1.82) is 0 Å². The normalized spacial score (nSPS) is 11.2. The molecule has 3 N–H and O–H groups in total. The second-order valence-electron chi connectivity index (χ2n) is 3.81. The Labute approximate surface area is 97.3 Å². The lowest BCUT2D eigenvalue weighted by molar-refractivity contribution is -0.137. The van der Waals surface area contributed by atoms with Crippen molar-refractivity contribution in [2.45, 2.75) is 39.2 Å². The molecule has 1 aromatic rings. The molecule has 90 valence electrons. The highest BCUT2D eigenvalue weighted by atomic mass is 16.4. The Hall–Kier alpha value is -1.35. The van der Waals surface area contributed by atoms with Gasteiger partial charge in [-0.25, -0.2) is 0 Å². The van der Waals surface area contributed by atoms with Gasteiger partial charge in [0.25, 0.3) is 0 Å². The fraction of sp³-hybridized carbons (Fsp3) is 0.462. The van der Waals surface area contributed by atoms with Gasteiger partial charge in [-0.2, -0.15) is 0 Å². The summed E-state index contributed by atoms with van der Waals surface area (Å²) in [4.78, 5) is 9.60. The molecule has 0 saturated heterocycles. The van der Waals surface area contributed by atoms with Gasteiger partial charge in [0.15, 0.2) is 0 Å². The molecule has 3 nitrogen and oxygen atoms in total. The van der Waals surface area contributed by atoms with E-state index in [4.69, 9.17) is 10.8 Å². The van der Waals surface area contributed by atoms with Crippen LogP contribution in [0.2, 0.25) is 0 Å². The summed E-state index contributed by atoms with van der Waals surface area (Å²) in [5, 5.41) is 7.91. The molecule has 0 fully saturated rings. The van der Waals surface area contributed by atoms with E-state index in [1.54, 1.807) is 0 Å². The van der Waals surface area contributed by atoms with Crippen molar-refractivity contribution in [2.24, 2.45) is 5.73 Å². The van der Waals surface area contributed by atoms with Gasteiger partial charge in [-0.05, 0) is 25.3 Å². The zero-order valence-corrected chi connectivity index (χ0v) is 10.0. The van der Waals surface area contributed by atoms with E-state index in [9.17, 15) is 4.79 Å². The molecule has 0 heterocycles. The zero-order chi connectivity index (χ0) is 12.4. The van der Waals surface area contributed by atoms with Crippen molar-refractivity contribution in [3.63, 3.8) is 0 Å². The van der Waals surface area contributed by atoms with E-state index in [-0.39, 0.29) is 6.04 Å². The van der Waals surface area contributed by atoms with E-state index in [1.165, 1.54) is 5.56 Å². The van der Waals surface area contributed by atoms with Crippen LogP contribution in [0, 0.1) is 0 Å². The summed E-state index contributed by atoms with van der Waals surface area (Å²) < 4.78 is 0. The Morgan fingerprint density at radius 3 is 2.25 bits per heavy atom.